The summed E-state index contributed by atoms with van der Waals surface area (Å²) < 4.78 is 2.75. The average molecular weight is 440 g/mol. The molecule has 1 aliphatic rings. The Labute approximate surface area is 185 Å². The van der Waals surface area contributed by atoms with Crippen LogP contribution in [-0.4, -0.2) is 21.1 Å². The van der Waals surface area contributed by atoms with Gasteiger partial charge in [0.05, 0.1) is 17.6 Å². The Kier molecular flexibility index (Phi) is 6.56. The Balaban J connectivity index is 1.66. The van der Waals surface area contributed by atoms with Crippen molar-refractivity contribution in [3.63, 3.8) is 0 Å². The average Bonchev–Trinajstić information content (AvgIpc) is 3.04. The van der Waals surface area contributed by atoms with Crippen molar-refractivity contribution in [3.8, 4) is 0 Å². The first-order valence-corrected chi connectivity index (χ1v) is 11.2. The molecule has 162 valence electrons. The van der Waals surface area contributed by atoms with Crippen LogP contribution in [0.5, 0.6) is 0 Å². The Morgan fingerprint density at radius 3 is 2.10 bits per heavy atom. The molecule has 1 N–H and O–H groups in total. The van der Waals surface area contributed by atoms with Crippen molar-refractivity contribution >= 4 is 28.5 Å². The number of rotatable bonds is 5. The van der Waals surface area contributed by atoms with Crippen LogP contribution in [0.2, 0.25) is 5.02 Å². The minimum atomic E-state index is -0.691. The van der Waals surface area contributed by atoms with Gasteiger partial charge in [-0.25, -0.2) is 0 Å². The molecule has 1 fully saturated rings. The van der Waals surface area contributed by atoms with Crippen LogP contribution in [0.4, 0.5) is 0 Å². The third kappa shape index (κ3) is 4.90. The summed E-state index contributed by atoms with van der Waals surface area (Å²) in [4.78, 5) is 38.6. The van der Waals surface area contributed by atoms with E-state index in [0.29, 0.717) is 16.1 Å². The van der Waals surface area contributed by atoms with Gasteiger partial charge in [0.25, 0.3) is 0 Å². The molecule has 31 heavy (non-hydrogen) atoms. The summed E-state index contributed by atoms with van der Waals surface area (Å²) in [7, 11) is 0. The number of para-hydroxylation sites is 2. The molecular formula is C24H26ClN3O3. The van der Waals surface area contributed by atoms with Gasteiger partial charge in [-0.2, -0.15) is 0 Å². The maximum Gasteiger partial charge on any atom is 0.317 e. The van der Waals surface area contributed by atoms with Crippen molar-refractivity contribution in [2.24, 2.45) is 0 Å². The van der Waals surface area contributed by atoms with Crippen molar-refractivity contribution < 1.29 is 4.79 Å². The molecule has 1 saturated carbocycles. The van der Waals surface area contributed by atoms with E-state index in [1.165, 1.54) is 22.0 Å². The standard InChI is InChI=1S/C24H26ClN3O3/c25-18-13-11-17(12-14-18)15-27-20-9-5-6-10-21(20)28(24(31)23(27)30)16-22(29)26-19-7-3-1-2-4-8-19/h5-6,9-14,19H,1-4,7-8,15-16H2,(H,26,29). The van der Waals surface area contributed by atoms with Crippen LogP contribution < -0.4 is 16.4 Å². The van der Waals surface area contributed by atoms with Gasteiger partial charge in [-0.3, -0.25) is 23.5 Å². The van der Waals surface area contributed by atoms with Gasteiger partial charge in [-0.05, 0) is 42.7 Å². The molecular weight excluding hydrogens is 414 g/mol. The largest absolute Gasteiger partial charge is 0.352 e. The lowest BCUT2D eigenvalue weighted by Gasteiger charge is -2.18. The number of benzene rings is 2. The number of fused-ring (bicyclic) bond motifs is 1. The van der Waals surface area contributed by atoms with Gasteiger partial charge in [0, 0.05) is 11.1 Å². The highest BCUT2D eigenvalue weighted by atomic mass is 35.5. The number of aromatic nitrogens is 2. The molecule has 1 heterocycles. The van der Waals surface area contributed by atoms with Gasteiger partial charge < -0.3 is 5.32 Å². The van der Waals surface area contributed by atoms with Crippen molar-refractivity contribution in [2.75, 3.05) is 0 Å². The molecule has 0 radical (unpaired) electrons. The molecule has 0 atom stereocenters. The predicted molar refractivity (Wildman–Crippen MR) is 123 cm³/mol. The van der Waals surface area contributed by atoms with E-state index in [9.17, 15) is 14.4 Å². The van der Waals surface area contributed by atoms with E-state index in [-0.39, 0.29) is 25.0 Å². The Morgan fingerprint density at radius 1 is 0.871 bits per heavy atom. The molecule has 0 aliphatic heterocycles. The molecule has 1 aliphatic carbocycles. The van der Waals surface area contributed by atoms with E-state index in [4.69, 9.17) is 11.6 Å². The van der Waals surface area contributed by atoms with Crippen molar-refractivity contribution in [1.29, 1.82) is 0 Å². The zero-order valence-corrected chi connectivity index (χ0v) is 18.1. The number of amides is 1. The van der Waals surface area contributed by atoms with Gasteiger partial charge in [0.1, 0.15) is 6.54 Å². The minimum Gasteiger partial charge on any atom is -0.352 e. The maximum absolute atomic E-state index is 13.0. The van der Waals surface area contributed by atoms with Crippen LogP contribution in [0.1, 0.15) is 44.1 Å². The number of hydrogen-bond donors (Lipinski definition) is 1. The molecule has 0 spiro atoms. The monoisotopic (exact) mass is 439 g/mol. The molecule has 7 heteroatoms. The third-order valence-corrected chi connectivity index (χ3v) is 6.16. The van der Waals surface area contributed by atoms with E-state index >= 15 is 0 Å². The summed E-state index contributed by atoms with van der Waals surface area (Å²) in [6, 6.07) is 14.5. The molecule has 6 nitrogen and oxygen atoms in total. The Hall–Kier alpha value is -2.86. The van der Waals surface area contributed by atoms with Crippen LogP contribution in [-0.2, 0) is 17.9 Å². The smallest absolute Gasteiger partial charge is 0.317 e. The predicted octanol–water partition coefficient (Wildman–Crippen LogP) is 3.70. The van der Waals surface area contributed by atoms with Crippen LogP contribution in [0.3, 0.4) is 0 Å². The second kappa shape index (κ2) is 9.52. The summed E-state index contributed by atoms with van der Waals surface area (Å²) in [5, 5.41) is 3.67. The zero-order valence-electron chi connectivity index (χ0n) is 17.4. The van der Waals surface area contributed by atoms with Gasteiger partial charge in [0.15, 0.2) is 0 Å². The van der Waals surface area contributed by atoms with Gasteiger partial charge in [0.2, 0.25) is 5.91 Å². The first kappa shape index (κ1) is 21.4. The van der Waals surface area contributed by atoms with Gasteiger partial charge in [-0.1, -0.05) is 61.5 Å². The van der Waals surface area contributed by atoms with E-state index < -0.39 is 11.1 Å². The quantitative estimate of drug-likeness (QED) is 0.486. The highest BCUT2D eigenvalue weighted by Crippen LogP contribution is 2.18. The fourth-order valence-electron chi connectivity index (χ4n) is 4.30. The van der Waals surface area contributed by atoms with Crippen LogP contribution in [0, 0.1) is 0 Å². The third-order valence-electron chi connectivity index (χ3n) is 5.91. The first-order chi connectivity index (χ1) is 15.0. The lowest BCUT2D eigenvalue weighted by atomic mass is 10.1. The molecule has 0 unspecified atom stereocenters. The number of nitrogens with one attached hydrogen (secondary N) is 1. The van der Waals surface area contributed by atoms with E-state index in [1.54, 1.807) is 30.3 Å². The molecule has 1 amide bonds. The number of hydrogen-bond acceptors (Lipinski definition) is 3. The highest BCUT2D eigenvalue weighted by molar-refractivity contribution is 6.30. The van der Waals surface area contributed by atoms with Crippen molar-refractivity contribution in [2.45, 2.75) is 57.7 Å². The number of nitrogens with zero attached hydrogens (tertiary/aromatic N) is 2. The summed E-state index contributed by atoms with van der Waals surface area (Å²) in [5.41, 5.74) is 0.709. The maximum atomic E-state index is 13.0. The van der Waals surface area contributed by atoms with Crippen molar-refractivity contribution in [1.82, 2.24) is 14.5 Å². The van der Waals surface area contributed by atoms with E-state index in [2.05, 4.69) is 5.32 Å². The molecule has 4 rings (SSSR count). The number of halogens is 1. The fourth-order valence-corrected chi connectivity index (χ4v) is 4.42. The van der Waals surface area contributed by atoms with Crippen LogP contribution in [0.25, 0.3) is 11.0 Å². The second-order valence-corrected chi connectivity index (χ2v) is 8.59. The zero-order chi connectivity index (χ0) is 21.8. The fraction of sp³-hybridized carbons (Fsp3) is 0.375. The first-order valence-electron chi connectivity index (χ1n) is 10.8. The minimum absolute atomic E-state index is 0.141. The molecule has 2 aromatic carbocycles. The Bertz CT molecular complexity index is 1190. The molecule has 0 bridgehead atoms. The molecule has 0 saturated heterocycles. The van der Waals surface area contributed by atoms with Crippen molar-refractivity contribution in [3.05, 3.63) is 79.8 Å². The molecule has 3 aromatic rings. The number of carbonyl (C=O) groups excluding carboxylic acids is 1. The number of carbonyl (C=O) groups is 1. The SMILES string of the molecule is O=C(Cn1c(=O)c(=O)n(Cc2ccc(Cl)cc2)c2ccccc21)NC1CCCCCC1. The Morgan fingerprint density at radius 2 is 1.45 bits per heavy atom. The second-order valence-electron chi connectivity index (χ2n) is 8.15. The van der Waals surface area contributed by atoms with Gasteiger partial charge in [-0.15, -0.1) is 0 Å². The van der Waals surface area contributed by atoms with E-state index in [0.717, 1.165) is 31.2 Å². The van der Waals surface area contributed by atoms with E-state index in [1.807, 2.05) is 18.2 Å². The summed E-state index contributed by atoms with van der Waals surface area (Å²) >= 11 is 5.95. The molecule has 1 aromatic heterocycles. The van der Waals surface area contributed by atoms with Gasteiger partial charge >= 0.3 is 11.1 Å². The lowest BCUT2D eigenvalue weighted by Crippen LogP contribution is -2.45. The lowest BCUT2D eigenvalue weighted by molar-refractivity contribution is -0.122. The highest BCUT2D eigenvalue weighted by Gasteiger charge is 2.18. The van der Waals surface area contributed by atoms with Crippen LogP contribution >= 0.6 is 11.6 Å². The topological polar surface area (TPSA) is 73.1 Å². The summed E-state index contributed by atoms with van der Waals surface area (Å²) in [6.07, 6.45) is 6.53. The normalized spacial score (nSPS) is 15.0. The summed E-state index contributed by atoms with van der Waals surface area (Å²) in [5.74, 6) is -0.228. The summed E-state index contributed by atoms with van der Waals surface area (Å²) in [6.45, 7) is 0.0910. The van der Waals surface area contributed by atoms with Crippen LogP contribution in [0.15, 0.2) is 58.1 Å².